The number of para-hydroxylation sites is 2. The zero-order chi connectivity index (χ0) is 19.2. The third-order valence-corrected chi connectivity index (χ3v) is 3.84. The highest BCUT2D eigenvalue weighted by Crippen LogP contribution is 2.13. The van der Waals surface area contributed by atoms with Gasteiger partial charge in [-0.2, -0.15) is 5.10 Å². The zero-order valence-corrected chi connectivity index (χ0v) is 14.7. The number of aryl methyl sites for hydroxylation is 1. The Morgan fingerprint density at radius 3 is 2.37 bits per heavy atom. The fourth-order valence-corrected chi connectivity index (χ4v) is 2.44. The van der Waals surface area contributed by atoms with E-state index >= 15 is 0 Å². The van der Waals surface area contributed by atoms with Crippen molar-refractivity contribution >= 4 is 23.2 Å². The van der Waals surface area contributed by atoms with Crippen LogP contribution in [-0.4, -0.2) is 21.6 Å². The van der Waals surface area contributed by atoms with Crippen LogP contribution in [0.25, 0.3) is 0 Å². The molecule has 0 unspecified atom stereocenters. The van der Waals surface area contributed by atoms with Crippen LogP contribution in [0.3, 0.4) is 0 Å². The van der Waals surface area contributed by atoms with Gasteiger partial charge in [-0.15, -0.1) is 0 Å². The van der Waals surface area contributed by atoms with Gasteiger partial charge in [0.05, 0.1) is 0 Å². The van der Waals surface area contributed by atoms with E-state index in [1.54, 1.807) is 30.3 Å². The molecule has 0 aliphatic carbocycles. The van der Waals surface area contributed by atoms with Gasteiger partial charge in [0.15, 0.2) is 0 Å². The van der Waals surface area contributed by atoms with Crippen molar-refractivity contribution in [2.24, 2.45) is 0 Å². The monoisotopic (exact) mass is 362 g/mol. The molecular formula is C20H18N4O3. The number of aromatic nitrogens is 2. The van der Waals surface area contributed by atoms with Gasteiger partial charge in [0.25, 0.3) is 11.5 Å². The van der Waals surface area contributed by atoms with Crippen molar-refractivity contribution in [1.82, 2.24) is 9.78 Å². The average Bonchev–Trinajstić information content (AvgIpc) is 2.66. The lowest BCUT2D eigenvalue weighted by Crippen LogP contribution is -2.31. The fraction of sp³-hybridized carbons (Fsp3) is 0.100. The van der Waals surface area contributed by atoms with Crippen LogP contribution in [-0.2, 0) is 11.3 Å². The van der Waals surface area contributed by atoms with Crippen LogP contribution < -0.4 is 16.2 Å². The lowest BCUT2D eigenvalue weighted by Gasteiger charge is -2.10. The summed E-state index contributed by atoms with van der Waals surface area (Å²) < 4.78 is 0.966. The van der Waals surface area contributed by atoms with Crippen molar-refractivity contribution in [2.75, 3.05) is 10.6 Å². The molecule has 0 bridgehead atoms. The van der Waals surface area contributed by atoms with Gasteiger partial charge in [0.2, 0.25) is 5.91 Å². The third-order valence-electron chi connectivity index (χ3n) is 3.84. The minimum Gasteiger partial charge on any atom is -0.324 e. The Balaban J connectivity index is 1.73. The van der Waals surface area contributed by atoms with Crippen molar-refractivity contribution in [2.45, 2.75) is 13.5 Å². The molecule has 7 nitrogen and oxygen atoms in total. The number of benzene rings is 2. The Morgan fingerprint density at radius 2 is 1.63 bits per heavy atom. The highest BCUT2D eigenvalue weighted by molar-refractivity contribution is 6.02. The Bertz CT molecular complexity index is 1030. The first-order valence-corrected chi connectivity index (χ1v) is 8.33. The summed E-state index contributed by atoms with van der Waals surface area (Å²) in [5.41, 5.74) is 1.75. The number of amides is 2. The Kier molecular flexibility index (Phi) is 5.41. The Morgan fingerprint density at radius 1 is 0.926 bits per heavy atom. The Hall–Kier alpha value is -3.74. The lowest BCUT2D eigenvalue weighted by molar-refractivity contribution is -0.117. The third kappa shape index (κ3) is 4.66. The standard InChI is InChI=1S/C20H18N4O3/c1-14-7-5-6-10-16(14)22-18(25)13-24-19(26)12-11-17(23-24)20(27)21-15-8-3-2-4-9-15/h2-12H,13H2,1H3,(H,21,27)(H,22,25). The van der Waals surface area contributed by atoms with Crippen LogP contribution in [0.2, 0.25) is 0 Å². The molecule has 0 aliphatic rings. The molecule has 0 atom stereocenters. The predicted octanol–water partition coefficient (Wildman–Crippen LogP) is 2.44. The van der Waals surface area contributed by atoms with Crippen LogP contribution in [0.1, 0.15) is 16.1 Å². The van der Waals surface area contributed by atoms with E-state index < -0.39 is 17.4 Å². The molecule has 1 aromatic heterocycles. The smallest absolute Gasteiger partial charge is 0.276 e. The molecule has 2 aromatic carbocycles. The van der Waals surface area contributed by atoms with Crippen LogP contribution in [0.15, 0.2) is 71.5 Å². The molecule has 3 aromatic rings. The predicted molar refractivity (Wildman–Crippen MR) is 103 cm³/mol. The second-order valence-corrected chi connectivity index (χ2v) is 5.90. The average molecular weight is 362 g/mol. The number of anilines is 2. The summed E-state index contributed by atoms with van der Waals surface area (Å²) in [6, 6.07) is 18.8. The van der Waals surface area contributed by atoms with E-state index in [1.807, 2.05) is 31.2 Å². The number of nitrogens with one attached hydrogen (secondary N) is 2. The molecule has 0 spiro atoms. The molecule has 1 heterocycles. The van der Waals surface area contributed by atoms with E-state index in [4.69, 9.17) is 0 Å². The molecule has 3 rings (SSSR count). The summed E-state index contributed by atoms with van der Waals surface area (Å²) >= 11 is 0. The SMILES string of the molecule is Cc1ccccc1NC(=O)Cn1nc(C(=O)Nc2ccccc2)ccc1=O. The van der Waals surface area contributed by atoms with Gasteiger partial charge < -0.3 is 10.6 Å². The molecule has 0 fully saturated rings. The maximum atomic E-state index is 12.3. The zero-order valence-electron chi connectivity index (χ0n) is 14.7. The first-order chi connectivity index (χ1) is 13.0. The summed E-state index contributed by atoms with van der Waals surface area (Å²) in [5.74, 6) is -0.867. The van der Waals surface area contributed by atoms with Gasteiger partial charge in [0, 0.05) is 17.4 Å². The van der Waals surface area contributed by atoms with E-state index in [1.165, 1.54) is 12.1 Å². The molecule has 0 aliphatic heterocycles. The summed E-state index contributed by atoms with van der Waals surface area (Å²) in [4.78, 5) is 36.6. The highest BCUT2D eigenvalue weighted by atomic mass is 16.2. The number of carbonyl (C=O) groups is 2. The first-order valence-electron chi connectivity index (χ1n) is 8.33. The van der Waals surface area contributed by atoms with E-state index in [2.05, 4.69) is 15.7 Å². The van der Waals surface area contributed by atoms with Crippen molar-refractivity contribution < 1.29 is 9.59 Å². The number of hydrogen-bond donors (Lipinski definition) is 2. The van der Waals surface area contributed by atoms with Crippen LogP contribution in [0, 0.1) is 6.92 Å². The summed E-state index contributed by atoms with van der Waals surface area (Å²) in [6.45, 7) is 1.58. The molecule has 2 N–H and O–H groups in total. The second-order valence-electron chi connectivity index (χ2n) is 5.90. The van der Waals surface area contributed by atoms with Gasteiger partial charge in [-0.3, -0.25) is 14.4 Å². The fourth-order valence-electron chi connectivity index (χ4n) is 2.44. The first kappa shape index (κ1) is 18.1. The summed E-state index contributed by atoms with van der Waals surface area (Å²) in [5, 5.41) is 9.43. The number of hydrogen-bond acceptors (Lipinski definition) is 4. The normalized spacial score (nSPS) is 10.3. The van der Waals surface area contributed by atoms with Crippen LogP contribution >= 0.6 is 0 Å². The van der Waals surface area contributed by atoms with Crippen molar-refractivity contribution in [3.8, 4) is 0 Å². The number of rotatable bonds is 5. The minimum atomic E-state index is -0.466. The quantitative estimate of drug-likeness (QED) is 0.729. The number of nitrogens with zero attached hydrogens (tertiary/aromatic N) is 2. The maximum absolute atomic E-state index is 12.3. The van der Waals surface area contributed by atoms with Crippen molar-refractivity contribution in [3.05, 3.63) is 88.3 Å². The van der Waals surface area contributed by atoms with E-state index in [9.17, 15) is 14.4 Å². The van der Waals surface area contributed by atoms with Gasteiger partial charge in [-0.05, 0) is 36.8 Å². The Labute approximate surface area is 155 Å². The minimum absolute atomic E-state index is 0.0437. The topological polar surface area (TPSA) is 93.1 Å². The van der Waals surface area contributed by atoms with Gasteiger partial charge in [-0.25, -0.2) is 4.68 Å². The molecular weight excluding hydrogens is 344 g/mol. The van der Waals surface area contributed by atoms with E-state index in [-0.39, 0.29) is 12.2 Å². The molecule has 7 heteroatoms. The molecule has 2 amide bonds. The van der Waals surface area contributed by atoms with Crippen molar-refractivity contribution in [3.63, 3.8) is 0 Å². The molecule has 0 saturated carbocycles. The largest absolute Gasteiger partial charge is 0.324 e. The van der Waals surface area contributed by atoms with Crippen LogP contribution in [0.4, 0.5) is 11.4 Å². The maximum Gasteiger partial charge on any atom is 0.276 e. The van der Waals surface area contributed by atoms with E-state index in [0.29, 0.717) is 11.4 Å². The van der Waals surface area contributed by atoms with Crippen molar-refractivity contribution in [1.29, 1.82) is 0 Å². The highest BCUT2D eigenvalue weighted by Gasteiger charge is 2.12. The second kappa shape index (κ2) is 8.09. The summed E-state index contributed by atoms with van der Waals surface area (Å²) in [7, 11) is 0. The molecule has 27 heavy (non-hydrogen) atoms. The van der Waals surface area contributed by atoms with E-state index in [0.717, 1.165) is 10.2 Å². The number of carbonyl (C=O) groups excluding carboxylic acids is 2. The molecule has 0 saturated heterocycles. The lowest BCUT2D eigenvalue weighted by atomic mass is 10.2. The molecule has 0 radical (unpaired) electrons. The van der Waals surface area contributed by atoms with Crippen LogP contribution in [0.5, 0.6) is 0 Å². The van der Waals surface area contributed by atoms with Gasteiger partial charge in [-0.1, -0.05) is 36.4 Å². The summed E-state index contributed by atoms with van der Waals surface area (Å²) in [6.07, 6.45) is 0. The van der Waals surface area contributed by atoms with Gasteiger partial charge in [0.1, 0.15) is 12.2 Å². The molecule has 136 valence electrons. The van der Waals surface area contributed by atoms with Gasteiger partial charge >= 0.3 is 0 Å².